The van der Waals surface area contributed by atoms with Crippen LogP contribution in [0.15, 0.2) is 46.9 Å². The highest BCUT2D eigenvalue weighted by molar-refractivity contribution is 7.85. The first-order valence-corrected chi connectivity index (χ1v) is 11.6. The van der Waals surface area contributed by atoms with Crippen LogP contribution in [0.1, 0.15) is 36.5 Å². The lowest BCUT2D eigenvalue weighted by atomic mass is 9.69. The number of ketones is 1. The minimum Gasteiger partial charge on any atom is -0.322 e. The molecule has 3 atom stereocenters. The molecule has 9 heteroatoms. The molecule has 0 radical (unpaired) electrons. The van der Waals surface area contributed by atoms with Gasteiger partial charge in [0, 0.05) is 47.4 Å². The number of benzene rings is 2. The number of carbonyl (C=O) groups excluding carboxylic acids is 2. The van der Waals surface area contributed by atoms with Crippen molar-refractivity contribution in [2.45, 2.75) is 31.1 Å². The number of fused-ring (bicyclic) bond motifs is 2. The van der Waals surface area contributed by atoms with Crippen molar-refractivity contribution in [3.63, 3.8) is 0 Å². The average Bonchev–Trinajstić information content (AvgIpc) is 2.89. The third-order valence-corrected chi connectivity index (χ3v) is 8.39. The third-order valence-electron chi connectivity index (χ3n) is 6.26. The number of hydrogen-bond acceptors (Lipinski definition) is 3. The van der Waals surface area contributed by atoms with Crippen molar-refractivity contribution in [2.75, 3.05) is 11.1 Å². The standard InChI is InChI=1S/C23H19ClF3NO3S/c1-23(13-3-4-14(23)8-16(29)7-13)11-32(31)20-6-12(2-5-17(20)24)22(30)28-15-9-18(25)21(27)19(26)10-15/h2-3,5-6,9-10,14H,4,7-8,11H2,1H3,(H,28,30)/t14-,23+,32?/m0/s1. The van der Waals surface area contributed by atoms with Crippen LogP contribution >= 0.6 is 11.6 Å². The van der Waals surface area contributed by atoms with Gasteiger partial charge in [-0.1, -0.05) is 30.2 Å². The highest BCUT2D eigenvalue weighted by atomic mass is 35.5. The highest BCUT2D eigenvalue weighted by Gasteiger charge is 2.47. The molecule has 2 aliphatic carbocycles. The van der Waals surface area contributed by atoms with E-state index in [4.69, 9.17) is 11.6 Å². The van der Waals surface area contributed by atoms with Gasteiger partial charge in [-0.05, 0) is 30.5 Å². The monoisotopic (exact) mass is 481 g/mol. The Morgan fingerprint density at radius 2 is 1.91 bits per heavy atom. The smallest absolute Gasteiger partial charge is 0.255 e. The van der Waals surface area contributed by atoms with Crippen molar-refractivity contribution in [2.24, 2.45) is 11.3 Å². The fourth-order valence-electron chi connectivity index (χ4n) is 4.39. The van der Waals surface area contributed by atoms with E-state index in [1.165, 1.54) is 18.2 Å². The predicted molar refractivity (Wildman–Crippen MR) is 116 cm³/mol. The zero-order chi connectivity index (χ0) is 23.2. The van der Waals surface area contributed by atoms with Crippen LogP contribution < -0.4 is 5.32 Å². The molecule has 1 N–H and O–H groups in total. The van der Waals surface area contributed by atoms with Crippen molar-refractivity contribution in [1.29, 1.82) is 0 Å². The number of Topliss-reactive ketones (excluding diaryl/α,β-unsaturated/α-hetero) is 1. The summed E-state index contributed by atoms with van der Waals surface area (Å²) in [7, 11) is -1.56. The lowest BCUT2D eigenvalue weighted by molar-refractivity contribution is -0.121. The van der Waals surface area contributed by atoms with Gasteiger partial charge in [0.05, 0.1) is 20.7 Å². The molecule has 1 unspecified atom stereocenters. The molecule has 0 saturated heterocycles. The van der Waals surface area contributed by atoms with Gasteiger partial charge in [-0.3, -0.25) is 13.8 Å². The van der Waals surface area contributed by atoms with Gasteiger partial charge in [0.15, 0.2) is 17.5 Å². The Kier molecular flexibility index (Phi) is 6.02. The number of rotatable bonds is 5. The number of anilines is 1. The molecule has 1 fully saturated rings. The van der Waals surface area contributed by atoms with Crippen LogP contribution in [0.2, 0.25) is 5.02 Å². The summed E-state index contributed by atoms with van der Waals surface area (Å²) in [4.78, 5) is 24.7. The molecule has 1 saturated carbocycles. The molecule has 2 aliphatic rings. The van der Waals surface area contributed by atoms with E-state index in [1.54, 1.807) is 0 Å². The van der Waals surface area contributed by atoms with E-state index in [-0.39, 0.29) is 44.0 Å². The van der Waals surface area contributed by atoms with Crippen LogP contribution in [0.3, 0.4) is 0 Å². The zero-order valence-corrected chi connectivity index (χ0v) is 18.6. The minimum absolute atomic E-state index is 0.0778. The molecule has 2 aromatic carbocycles. The Morgan fingerprint density at radius 3 is 2.56 bits per heavy atom. The molecule has 4 rings (SSSR count). The predicted octanol–water partition coefficient (Wildman–Crippen LogP) is 5.43. The van der Waals surface area contributed by atoms with Gasteiger partial charge in [-0.25, -0.2) is 13.2 Å². The maximum absolute atomic E-state index is 13.4. The van der Waals surface area contributed by atoms with Gasteiger partial charge in [-0.2, -0.15) is 0 Å². The zero-order valence-electron chi connectivity index (χ0n) is 17.0. The first-order chi connectivity index (χ1) is 15.1. The van der Waals surface area contributed by atoms with Crippen molar-refractivity contribution in [3.8, 4) is 0 Å². The normalized spacial score (nSPS) is 23.1. The van der Waals surface area contributed by atoms with Gasteiger partial charge in [0.1, 0.15) is 5.78 Å². The van der Waals surface area contributed by atoms with E-state index < -0.39 is 34.2 Å². The van der Waals surface area contributed by atoms with Gasteiger partial charge < -0.3 is 5.32 Å². The van der Waals surface area contributed by atoms with Gasteiger partial charge >= 0.3 is 0 Å². The quantitative estimate of drug-likeness (QED) is 0.457. The molecule has 0 aliphatic heterocycles. The highest BCUT2D eigenvalue weighted by Crippen LogP contribution is 2.51. The number of halogens is 4. The first kappa shape index (κ1) is 22.7. The van der Waals surface area contributed by atoms with Crippen LogP contribution in [0.4, 0.5) is 18.9 Å². The summed E-state index contributed by atoms with van der Waals surface area (Å²) in [5.41, 5.74) is 0.433. The molecular formula is C23H19ClF3NO3S. The van der Waals surface area contributed by atoms with Gasteiger partial charge in [0.2, 0.25) is 0 Å². The van der Waals surface area contributed by atoms with Crippen molar-refractivity contribution in [3.05, 3.63) is 70.0 Å². The fourth-order valence-corrected chi connectivity index (χ4v) is 6.43. The number of nitrogens with one attached hydrogen (secondary N) is 1. The number of hydrogen-bond donors (Lipinski definition) is 1. The summed E-state index contributed by atoms with van der Waals surface area (Å²) < 4.78 is 53.2. The van der Waals surface area contributed by atoms with Crippen LogP contribution in [0, 0.1) is 28.8 Å². The SMILES string of the molecule is C[C@@]1(CS(=O)c2cc(C(=O)Nc3cc(F)c(F)c(F)c3)ccc2Cl)C2=CC[C@H]1CC(=O)C2. The Hall–Kier alpha value is -2.45. The number of allylic oxidation sites excluding steroid dienone is 2. The van der Waals surface area contributed by atoms with E-state index in [0.29, 0.717) is 25.0 Å². The Bertz CT molecular complexity index is 1180. The van der Waals surface area contributed by atoms with E-state index in [9.17, 15) is 27.0 Å². The lowest BCUT2D eigenvalue weighted by Crippen LogP contribution is -2.37. The molecule has 4 nitrogen and oxygen atoms in total. The van der Waals surface area contributed by atoms with Gasteiger partial charge in [-0.15, -0.1) is 0 Å². The first-order valence-electron chi connectivity index (χ1n) is 9.93. The third kappa shape index (κ3) is 4.13. The van der Waals surface area contributed by atoms with E-state index in [1.807, 2.05) is 6.92 Å². The number of amides is 1. The summed E-state index contributed by atoms with van der Waals surface area (Å²) in [6, 6.07) is 5.52. The lowest BCUT2D eigenvalue weighted by Gasteiger charge is -2.38. The van der Waals surface area contributed by atoms with E-state index in [2.05, 4.69) is 11.4 Å². The van der Waals surface area contributed by atoms with Crippen LogP contribution in [0.5, 0.6) is 0 Å². The fraction of sp³-hybridized carbons (Fsp3) is 0.304. The van der Waals surface area contributed by atoms with Crippen LogP contribution in [-0.2, 0) is 15.6 Å². The Labute approximate surface area is 190 Å². The van der Waals surface area contributed by atoms with Crippen LogP contribution in [-0.4, -0.2) is 21.7 Å². The van der Waals surface area contributed by atoms with Crippen molar-refractivity contribution < 1.29 is 27.0 Å². The van der Waals surface area contributed by atoms with E-state index >= 15 is 0 Å². The van der Waals surface area contributed by atoms with E-state index in [0.717, 1.165) is 12.0 Å². The summed E-state index contributed by atoms with van der Waals surface area (Å²) in [5.74, 6) is -4.67. The largest absolute Gasteiger partial charge is 0.322 e. The maximum atomic E-state index is 13.4. The molecule has 0 heterocycles. The molecule has 2 aromatic rings. The Morgan fingerprint density at radius 1 is 1.22 bits per heavy atom. The second-order valence-electron chi connectivity index (χ2n) is 8.34. The van der Waals surface area contributed by atoms with Crippen LogP contribution in [0.25, 0.3) is 0 Å². The van der Waals surface area contributed by atoms with Gasteiger partial charge in [0.25, 0.3) is 5.91 Å². The number of carbonyl (C=O) groups is 2. The summed E-state index contributed by atoms with van der Waals surface area (Å²) in [6.07, 6.45) is 3.65. The summed E-state index contributed by atoms with van der Waals surface area (Å²) in [6.45, 7) is 2.00. The maximum Gasteiger partial charge on any atom is 0.255 e. The molecule has 2 bridgehead atoms. The van der Waals surface area contributed by atoms with Crippen molar-refractivity contribution in [1.82, 2.24) is 0 Å². The summed E-state index contributed by atoms with van der Waals surface area (Å²) >= 11 is 6.26. The molecule has 0 aromatic heterocycles. The average molecular weight is 482 g/mol. The second-order valence-corrected chi connectivity index (χ2v) is 10.2. The topological polar surface area (TPSA) is 63.2 Å². The second kappa shape index (κ2) is 8.48. The summed E-state index contributed by atoms with van der Waals surface area (Å²) in [5, 5.41) is 2.51. The Balaban J connectivity index is 1.55. The molecule has 32 heavy (non-hydrogen) atoms. The van der Waals surface area contributed by atoms with Crippen molar-refractivity contribution >= 4 is 39.8 Å². The molecule has 0 spiro atoms. The molecule has 168 valence electrons. The minimum atomic E-state index is -1.63. The molecular weight excluding hydrogens is 463 g/mol. The molecule has 1 amide bonds.